The Labute approximate surface area is 202 Å². The highest BCUT2D eigenvalue weighted by molar-refractivity contribution is 7.94. The average molecular weight is 521 g/mol. The van der Waals surface area contributed by atoms with Gasteiger partial charge in [-0.05, 0) is 25.0 Å². The van der Waals surface area contributed by atoms with Crippen molar-refractivity contribution in [3.63, 3.8) is 0 Å². The van der Waals surface area contributed by atoms with E-state index in [0.29, 0.717) is 5.56 Å². The normalized spacial score (nSPS) is 12.3. The van der Waals surface area contributed by atoms with Crippen LogP contribution in [0.15, 0.2) is 63.6 Å². The van der Waals surface area contributed by atoms with Crippen LogP contribution in [0.4, 0.5) is 5.69 Å². The van der Waals surface area contributed by atoms with Gasteiger partial charge >= 0.3 is 0 Å². The number of benzene rings is 1. The van der Waals surface area contributed by atoms with Crippen molar-refractivity contribution in [2.45, 2.75) is 36.5 Å². The fourth-order valence-electron chi connectivity index (χ4n) is 3.64. The zero-order valence-corrected chi connectivity index (χ0v) is 20.7. The minimum atomic E-state index is -4.16. The summed E-state index contributed by atoms with van der Waals surface area (Å²) in [5.74, 6) is -1.58. The molecule has 0 unspecified atom stereocenters. The zero-order chi connectivity index (χ0) is 25.8. The first-order chi connectivity index (χ1) is 16.5. The number of hydrogen-bond acceptors (Lipinski definition) is 8. The highest BCUT2D eigenvalue weighted by atomic mass is 32.2. The second-order valence-electron chi connectivity index (χ2n) is 7.65. The van der Waals surface area contributed by atoms with Gasteiger partial charge in [-0.1, -0.05) is 32.0 Å². The molecule has 35 heavy (non-hydrogen) atoms. The van der Waals surface area contributed by atoms with Gasteiger partial charge in [0.1, 0.15) is 15.5 Å². The number of fused-ring (bicyclic) bond motifs is 1. The predicted molar refractivity (Wildman–Crippen MR) is 130 cm³/mol. The van der Waals surface area contributed by atoms with E-state index in [4.69, 9.17) is 0 Å². The van der Waals surface area contributed by atoms with Crippen LogP contribution in [0.2, 0.25) is 0 Å². The molecule has 13 heteroatoms. The summed E-state index contributed by atoms with van der Waals surface area (Å²) in [6.45, 7) is 3.29. The van der Waals surface area contributed by atoms with E-state index in [0.717, 1.165) is 6.21 Å². The van der Waals surface area contributed by atoms with E-state index >= 15 is 0 Å². The molecule has 0 radical (unpaired) electrons. The molecular weight excluding hydrogens is 496 g/mol. The van der Waals surface area contributed by atoms with Gasteiger partial charge in [0.05, 0.1) is 28.2 Å². The summed E-state index contributed by atoms with van der Waals surface area (Å²) in [4.78, 5) is 22.6. The topological polar surface area (TPSA) is 157 Å². The van der Waals surface area contributed by atoms with Crippen LogP contribution < -0.4 is 5.43 Å². The fourth-order valence-corrected chi connectivity index (χ4v) is 7.62. The molecule has 0 spiro atoms. The van der Waals surface area contributed by atoms with Gasteiger partial charge in [-0.3, -0.25) is 14.9 Å². The third kappa shape index (κ3) is 5.41. The van der Waals surface area contributed by atoms with Crippen LogP contribution in [0, 0.1) is 10.1 Å². The summed E-state index contributed by atoms with van der Waals surface area (Å²) < 4.78 is 54.0. The molecule has 2 aromatic heterocycles. The average Bonchev–Trinajstić information content (AvgIpc) is 3.16. The van der Waals surface area contributed by atoms with Crippen molar-refractivity contribution >= 4 is 43.0 Å². The lowest BCUT2D eigenvalue weighted by atomic mass is 10.2. The van der Waals surface area contributed by atoms with Gasteiger partial charge in [0.25, 0.3) is 11.6 Å². The van der Waals surface area contributed by atoms with E-state index in [1.54, 1.807) is 26.0 Å². The van der Waals surface area contributed by atoms with Crippen molar-refractivity contribution < 1.29 is 26.6 Å². The molecule has 1 aromatic carbocycles. The lowest BCUT2D eigenvalue weighted by Gasteiger charge is -2.08. The number of pyridine rings is 1. The van der Waals surface area contributed by atoms with E-state index in [-0.39, 0.29) is 41.2 Å². The molecule has 3 aromatic rings. The van der Waals surface area contributed by atoms with Crippen molar-refractivity contribution in [2.75, 3.05) is 11.5 Å². The van der Waals surface area contributed by atoms with Gasteiger partial charge in [-0.15, -0.1) is 0 Å². The third-order valence-corrected chi connectivity index (χ3v) is 9.07. The van der Waals surface area contributed by atoms with Gasteiger partial charge in [0.15, 0.2) is 19.7 Å². The number of rotatable bonds is 10. The molecule has 0 aliphatic carbocycles. The molecule has 3 rings (SSSR count). The number of carbonyl (C=O) groups excluding carboxylic acids is 1. The van der Waals surface area contributed by atoms with Crippen LogP contribution in [-0.2, 0) is 19.7 Å². The Morgan fingerprint density at radius 3 is 2.31 bits per heavy atom. The van der Waals surface area contributed by atoms with E-state index in [9.17, 15) is 31.7 Å². The number of hydrogen-bond donors (Lipinski definition) is 1. The van der Waals surface area contributed by atoms with Crippen molar-refractivity contribution in [1.82, 2.24) is 9.83 Å². The fraction of sp³-hybridized carbons (Fsp3) is 0.273. The van der Waals surface area contributed by atoms with Gasteiger partial charge in [0.2, 0.25) is 0 Å². The highest BCUT2D eigenvalue weighted by Gasteiger charge is 2.36. The SMILES string of the molecule is CCCS(=O)(=O)c1c(S(=O)(=O)CCC)c2ccccn2c1C(=O)N/N=C/c1cccc([N+](=O)[O-])c1. The van der Waals surface area contributed by atoms with Crippen molar-refractivity contribution in [1.29, 1.82) is 0 Å². The predicted octanol–water partition coefficient (Wildman–Crippen LogP) is 2.98. The Morgan fingerprint density at radius 1 is 1.03 bits per heavy atom. The van der Waals surface area contributed by atoms with Crippen LogP contribution in [-0.4, -0.2) is 49.8 Å². The van der Waals surface area contributed by atoms with Crippen LogP contribution in [0.25, 0.3) is 5.52 Å². The minimum Gasteiger partial charge on any atom is -0.310 e. The minimum absolute atomic E-state index is 0.0726. The second-order valence-corrected chi connectivity index (χ2v) is 11.7. The quantitative estimate of drug-likeness (QED) is 0.244. The van der Waals surface area contributed by atoms with E-state index in [1.165, 1.54) is 40.9 Å². The van der Waals surface area contributed by atoms with Gasteiger partial charge in [-0.25, -0.2) is 22.3 Å². The number of hydrazone groups is 1. The summed E-state index contributed by atoms with van der Waals surface area (Å²) in [5.41, 5.74) is 2.07. The van der Waals surface area contributed by atoms with E-state index in [2.05, 4.69) is 10.5 Å². The molecule has 11 nitrogen and oxygen atoms in total. The summed E-state index contributed by atoms with van der Waals surface area (Å²) >= 11 is 0. The molecule has 0 saturated heterocycles. The Balaban J connectivity index is 2.16. The number of nitrogens with one attached hydrogen (secondary N) is 1. The maximum absolute atomic E-state index is 13.2. The third-order valence-electron chi connectivity index (χ3n) is 5.00. The molecule has 0 fully saturated rings. The Morgan fingerprint density at radius 2 is 1.69 bits per heavy atom. The molecule has 0 aliphatic rings. The molecule has 186 valence electrons. The molecule has 2 heterocycles. The Hall–Kier alpha value is -3.58. The first-order valence-electron chi connectivity index (χ1n) is 10.7. The van der Waals surface area contributed by atoms with Crippen LogP contribution in [0.1, 0.15) is 42.7 Å². The van der Waals surface area contributed by atoms with Gasteiger partial charge in [0, 0.05) is 23.9 Å². The van der Waals surface area contributed by atoms with Crippen LogP contribution >= 0.6 is 0 Å². The van der Waals surface area contributed by atoms with Crippen molar-refractivity contribution in [3.8, 4) is 0 Å². The molecule has 0 atom stereocenters. The summed E-state index contributed by atoms with van der Waals surface area (Å²) in [6.07, 6.45) is 3.04. The molecule has 0 saturated carbocycles. The van der Waals surface area contributed by atoms with Crippen molar-refractivity contribution in [3.05, 3.63) is 70.0 Å². The number of sulfone groups is 2. The van der Waals surface area contributed by atoms with Gasteiger partial charge < -0.3 is 4.40 Å². The largest absolute Gasteiger partial charge is 0.310 e. The molecular formula is C22H24N4O7S2. The maximum Gasteiger partial charge on any atom is 0.289 e. The molecule has 1 N–H and O–H groups in total. The monoisotopic (exact) mass is 520 g/mol. The molecule has 0 bridgehead atoms. The standard InChI is InChI=1S/C22H24N4O7S2/c1-3-12-34(30,31)20-18-10-5-6-11-25(18)19(21(20)35(32,33)13-4-2)22(27)24-23-15-16-8-7-9-17(14-16)26(28)29/h5-11,14-15H,3-4,12-13H2,1-2H3,(H,24,27)/b23-15+. The Bertz CT molecular complexity index is 1520. The maximum atomic E-state index is 13.2. The number of amides is 1. The number of nitrogens with zero attached hydrogens (tertiary/aromatic N) is 3. The first kappa shape index (κ1) is 26.0. The number of carbonyl (C=O) groups is 1. The molecule has 0 aliphatic heterocycles. The number of nitro groups is 1. The smallest absolute Gasteiger partial charge is 0.289 e. The van der Waals surface area contributed by atoms with E-state index in [1.807, 2.05) is 0 Å². The summed E-state index contributed by atoms with van der Waals surface area (Å²) in [7, 11) is -8.20. The van der Waals surface area contributed by atoms with Crippen LogP contribution in [0.3, 0.4) is 0 Å². The second kappa shape index (κ2) is 10.4. The van der Waals surface area contributed by atoms with E-state index < -0.39 is 40.3 Å². The first-order valence-corrected chi connectivity index (χ1v) is 14.0. The Kier molecular flexibility index (Phi) is 7.70. The van der Waals surface area contributed by atoms with Crippen LogP contribution in [0.5, 0.6) is 0 Å². The van der Waals surface area contributed by atoms with Crippen molar-refractivity contribution in [2.24, 2.45) is 5.10 Å². The summed E-state index contributed by atoms with van der Waals surface area (Å²) in [6, 6.07) is 10.1. The lowest BCUT2D eigenvalue weighted by Crippen LogP contribution is -2.23. The number of aromatic nitrogens is 1. The highest BCUT2D eigenvalue weighted by Crippen LogP contribution is 2.34. The lowest BCUT2D eigenvalue weighted by molar-refractivity contribution is -0.384. The zero-order valence-electron chi connectivity index (χ0n) is 19.0. The van der Waals surface area contributed by atoms with Gasteiger partial charge in [-0.2, -0.15) is 5.10 Å². The molecule has 1 amide bonds. The number of nitro benzene ring substituents is 1. The number of non-ortho nitro benzene ring substituents is 1. The summed E-state index contributed by atoms with van der Waals surface area (Å²) in [5, 5.41) is 14.7.